The van der Waals surface area contributed by atoms with Crippen LogP contribution in [0.3, 0.4) is 0 Å². The fraction of sp³-hybridized carbons (Fsp3) is 0.125. The summed E-state index contributed by atoms with van der Waals surface area (Å²) in [4.78, 5) is 12.3. The molecule has 0 radical (unpaired) electrons. The molecule has 0 fully saturated rings. The third-order valence-electron chi connectivity index (χ3n) is 4.64. The van der Waals surface area contributed by atoms with Gasteiger partial charge in [-0.3, -0.25) is 9.52 Å². The number of sulfonamides is 1. The molecule has 0 aliphatic carbocycles. The van der Waals surface area contributed by atoms with Crippen LogP contribution in [-0.4, -0.2) is 36.0 Å². The zero-order valence-corrected chi connectivity index (χ0v) is 20.3. The van der Waals surface area contributed by atoms with E-state index in [9.17, 15) is 13.2 Å². The number of para-hydroxylation sites is 1. The minimum atomic E-state index is -3.35. The van der Waals surface area contributed by atoms with Gasteiger partial charge in [-0.1, -0.05) is 30.0 Å². The summed E-state index contributed by atoms with van der Waals surface area (Å²) >= 11 is 1.11. The van der Waals surface area contributed by atoms with Crippen molar-refractivity contribution in [1.29, 1.82) is 0 Å². The molecular formula is C24H22N4O5S2. The quantitative estimate of drug-likeness (QED) is 0.285. The Morgan fingerprint density at radius 2 is 1.57 bits per heavy atom. The number of ether oxygens (including phenoxy) is 1. The second kappa shape index (κ2) is 11.1. The lowest BCUT2D eigenvalue weighted by atomic mass is 10.2. The highest BCUT2D eigenvalue weighted by molar-refractivity contribution is 7.99. The van der Waals surface area contributed by atoms with Gasteiger partial charge in [-0.25, -0.2) is 8.42 Å². The highest BCUT2D eigenvalue weighted by Crippen LogP contribution is 2.26. The van der Waals surface area contributed by atoms with Crippen molar-refractivity contribution in [3.05, 3.63) is 78.9 Å². The second-order valence-electron chi connectivity index (χ2n) is 7.23. The van der Waals surface area contributed by atoms with Crippen LogP contribution in [0.15, 0.2) is 88.5 Å². The third kappa shape index (κ3) is 7.08. The number of nitrogens with zero attached hydrogens (tertiary/aromatic N) is 2. The molecule has 180 valence electrons. The normalized spacial score (nSPS) is 11.1. The maximum absolute atomic E-state index is 12.3. The first-order valence-corrected chi connectivity index (χ1v) is 13.2. The zero-order valence-electron chi connectivity index (χ0n) is 18.7. The van der Waals surface area contributed by atoms with E-state index in [1.165, 1.54) is 0 Å². The minimum Gasteiger partial charge on any atom is -0.457 e. The number of hydrogen-bond donors (Lipinski definition) is 2. The van der Waals surface area contributed by atoms with Gasteiger partial charge in [-0.2, -0.15) is 0 Å². The highest BCUT2D eigenvalue weighted by Gasteiger charge is 2.13. The largest absolute Gasteiger partial charge is 0.457 e. The number of amides is 1. The second-order valence-corrected chi connectivity index (χ2v) is 10.2. The predicted octanol–water partition coefficient (Wildman–Crippen LogP) is 5.02. The molecule has 4 rings (SSSR count). The lowest BCUT2D eigenvalue weighted by Gasteiger charge is -2.07. The number of thioether (sulfide) groups is 1. The van der Waals surface area contributed by atoms with Crippen molar-refractivity contribution in [2.24, 2.45) is 0 Å². The van der Waals surface area contributed by atoms with Crippen LogP contribution in [0, 0.1) is 0 Å². The summed E-state index contributed by atoms with van der Waals surface area (Å²) in [6, 6.07) is 23.1. The molecule has 35 heavy (non-hydrogen) atoms. The SMILES string of the molecule is CCS(=O)(=O)Nc1ccc(-c2nnc(SCC(=O)Nc3ccc(Oc4ccccc4)cc3)o2)cc1. The first-order chi connectivity index (χ1) is 16.9. The lowest BCUT2D eigenvalue weighted by Crippen LogP contribution is -2.14. The van der Waals surface area contributed by atoms with Crippen LogP contribution in [0.1, 0.15) is 6.92 Å². The van der Waals surface area contributed by atoms with Gasteiger partial charge in [0.15, 0.2) is 0 Å². The number of nitrogens with one attached hydrogen (secondary N) is 2. The van der Waals surface area contributed by atoms with Crippen molar-refractivity contribution in [2.45, 2.75) is 12.1 Å². The third-order valence-corrected chi connectivity index (χ3v) is 6.76. The van der Waals surface area contributed by atoms with Crippen LogP contribution in [0.4, 0.5) is 11.4 Å². The van der Waals surface area contributed by atoms with Crippen LogP contribution in [-0.2, 0) is 14.8 Å². The number of rotatable bonds is 10. The van der Waals surface area contributed by atoms with Gasteiger partial charge in [-0.15, -0.1) is 10.2 Å². The molecule has 1 aromatic heterocycles. The van der Waals surface area contributed by atoms with Gasteiger partial charge in [0.25, 0.3) is 5.22 Å². The number of carbonyl (C=O) groups is 1. The monoisotopic (exact) mass is 510 g/mol. The van der Waals surface area contributed by atoms with Crippen molar-refractivity contribution >= 4 is 39.1 Å². The molecule has 9 nitrogen and oxygen atoms in total. The standard InChI is InChI=1S/C24H22N4O5S2/c1-2-35(30,31)28-19-10-8-17(9-11-19)23-26-27-24(33-23)34-16-22(29)25-18-12-14-21(15-13-18)32-20-6-4-3-5-7-20/h3-15,28H,2,16H2,1H3,(H,25,29). The van der Waals surface area contributed by atoms with E-state index in [1.54, 1.807) is 55.5 Å². The molecule has 0 aliphatic heterocycles. The van der Waals surface area contributed by atoms with Crippen LogP contribution >= 0.6 is 11.8 Å². The van der Waals surface area contributed by atoms with E-state index in [0.717, 1.165) is 17.5 Å². The van der Waals surface area contributed by atoms with Crippen LogP contribution in [0.2, 0.25) is 0 Å². The topological polar surface area (TPSA) is 123 Å². The Labute approximate surface area is 207 Å². The molecule has 3 aromatic carbocycles. The lowest BCUT2D eigenvalue weighted by molar-refractivity contribution is -0.113. The summed E-state index contributed by atoms with van der Waals surface area (Å²) in [5.41, 5.74) is 1.72. The Bertz CT molecular complexity index is 1370. The minimum absolute atomic E-state index is 0.0133. The Morgan fingerprint density at radius 1 is 0.914 bits per heavy atom. The van der Waals surface area contributed by atoms with Crippen LogP contribution in [0.5, 0.6) is 11.5 Å². The van der Waals surface area contributed by atoms with Crippen molar-refractivity contribution in [3.63, 3.8) is 0 Å². The van der Waals surface area contributed by atoms with Gasteiger partial charge in [0.2, 0.25) is 21.8 Å². The Hall–Kier alpha value is -3.83. The molecule has 4 aromatic rings. The van der Waals surface area contributed by atoms with Crippen molar-refractivity contribution in [3.8, 4) is 23.0 Å². The summed E-state index contributed by atoms with van der Waals surface area (Å²) in [5, 5.41) is 11.0. The molecule has 0 saturated heterocycles. The predicted molar refractivity (Wildman–Crippen MR) is 135 cm³/mol. The van der Waals surface area contributed by atoms with Crippen molar-refractivity contribution in [2.75, 3.05) is 21.5 Å². The molecule has 1 heterocycles. The molecule has 0 spiro atoms. The van der Waals surface area contributed by atoms with Gasteiger partial charge < -0.3 is 14.5 Å². The first-order valence-electron chi connectivity index (χ1n) is 10.6. The molecule has 0 atom stereocenters. The molecular weight excluding hydrogens is 488 g/mol. The molecule has 0 bridgehead atoms. The summed E-state index contributed by atoms with van der Waals surface area (Å²) in [6.07, 6.45) is 0. The zero-order chi connectivity index (χ0) is 24.7. The smallest absolute Gasteiger partial charge is 0.277 e. The molecule has 2 N–H and O–H groups in total. The van der Waals surface area contributed by atoms with Crippen molar-refractivity contribution in [1.82, 2.24) is 10.2 Å². The fourth-order valence-electron chi connectivity index (χ4n) is 2.87. The number of hydrogen-bond acceptors (Lipinski definition) is 8. The molecule has 0 unspecified atom stereocenters. The van der Waals surface area contributed by atoms with Gasteiger partial charge in [0, 0.05) is 16.9 Å². The van der Waals surface area contributed by atoms with E-state index in [1.807, 2.05) is 30.3 Å². The first kappa shape index (κ1) is 24.3. The van der Waals surface area contributed by atoms with Crippen molar-refractivity contribution < 1.29 is 22.4 Å². The summed E-state index contributed by atoms with van der Waals surface area (Å²) in [5.74, 6) is 1.52. The number of benzene rings is 3. The maximum atomic E-state index is 12.3. The van der Waals surface area contributed by atoms with E-state index >= 15 is 0 Å². The number of anilines is 2. The summed E-state index contributed by atoms with van der Waals surface area (Å²) in [7, 11) is -3.35. The summed E-state index contributed by atoms with van der Waals surface area (Å²) < 4.78 is 37.1. The van der Waals surface area contributed by atoms with E-state index in [-0.39, 0.29) is 28.5 Å². The van der Waals surface area contributed by atoms with E-state index in [4.69, 9.17) is 9.15 Å². The summed E-state index contributed by atoms with van der Waals surface area (Å²) in [6.45, 7) is 1.56. The Kier molecular flexibility index (Phi) is 7.68. The molecule has 0 aliphatic rings. The van der Waals surface area contributed by atoms with E-state index in [2.05, 4.69) is 20.2 Å². The van der Waals surface area contributed by atoms with Crippen LogP contribution < -0.4 is 14.8 Å². The van der Waals surface area contributed by atoms with Crippen LogP contribution in [0.25, 0.3) is 11.5 Å². The maximum Gasteiger partial charge on any atom is 0.277 e. The molecule has 0 saturated carbocycles. The van der Waals surface area contributed by atoms with Gasteiger partial charge in [0.05, 0.1) is 11.5 Å². The average Bonchev–Trinajstić information content (AvgIpc) is 3.34. The average molecular weight is 511 g/mol. The van der Waals surface area contributed by atoms with E-state index in [0.29, 0.717) is 22.7 Å². The Morgan fingerprint density at radius 3 is 2.26 bits per heavy atom. The van der Waals surface area contributed by atoms with Gasteiger partial charge in [-0.05, 0) is 67.6 Å². The Balaban J connectivity index is 1.27. The molecule has 11 heteroatoms. The highest BCUT2D eigenvalue weighted by atomic mass is 32.2. The fourth-order valence-corrected chi connectivity index (χ4v) is 4.08. The number of aromatic nitrogens is 2. The van der Waals surface area contributed by atoms with Gasteiger partial charge in [0.1, 0.15) is 11.5 Å². The van der Waals surface area contributed by atoms with E-state index < -0.39 is 10.0 Å². The number of carbonyl (C=O) groups excluding carboxylic acids is 1. The molecule has 1 amide bonds. The van der Waals surface area contributed by atoms with Gasteiger partial charge >= 0.3 is 0 Å².